The third-order valence-electron chi connectivity index (χ3n) is 4.14. The van der Waals surface area contributed by atoms with E-state index in [0.29, 0.717) is 5.78 Å². The van der Waals surface area contributed by atoms with Crippen molar-refractivity contribution < 1.29 is 4.79 Å². The first-order valence-electron chi connectivity index (χ1n) is 7.22. The van der Waals surface area contributed by atoms with E-state index in [4.69, 9.17) is 0 Å². The van der Waals surface area contributed by atoms with Gasteiger partial charge in [-0.15, -0.1) is 0 Å². The van der Waals surface area contributed by atoms with Crippen molar-refractivity contribution in [2.45, 2.75) is 84.5 Å². The van der Waals surface area contributed by atoms with Crippen molar-refractivity contribution in [3.05, 3.63) is 0 Å². The normalized spacial score (nSPS) is 18.9. The van der Waals surface area contributed by atoms with Gasteiger partial charge in [-0.2, -0.15) is 0 Å². The number of unbranched alkanes of at least 4 members (excludes halogenated alkanes) is 5. The molecule has 16 heavy (non-hydrogen) atoms. The molecule has 1 fully saturated rings. The average Bonchev–Trinajstić information content (AvgIpc) is 2.71. The predicted octanol–water partition coefficient (Wildman–Crippen LogP) is 4.89. The number of carbonyl (C=O) groups is 1. The van der Waals surface area contributed by atoms with Gasteiger partial charge in [0.1, 0.15) is 5.78 Å². The molecule has 0 saturated heterocycles. The molecule has 1 rings (SSSR count). The van der Waals surface area contributed by atoms with Crippen molar-refractivity contribution in [3.63, 3.8) is 0 Å². The Kier molecular flexibility index (Phi) is 6.08. The van der Waals surface area contributed by atoms with Gasteiger partial charge in [0.05, 0.1) is 0 Å². The van der Waals surface area contributed by atoms with Crippen molar-refractivity contribution in [1.82, 2.24) is 0 Å². The van der Waals surface area contributed by atoms with Gasteiger partial charge in [0, 0.05) is 11.8 Å². The minimum atomic E-state index is 0.0589. The minimum Gasteiger partial charge on any atom is -0.299 e. The van der Waals surface area contributed by atoms with Gasteiger partial charge >= 0.3 is 0 Å². The van der Waals surface area contributed by atoms with Crippen molar-refractivity contribution in [2.24, 2.45) is 5.41 Å². The van der Waals surface area contributed by atoms with Crippen LogP contribution in [0.15, 0.2) is 0 Å². The molecule has 94 valence electrons. The Hall–Kier alpha value is -0.330. The highest BCUT2D eigenvalue weighted by Gasteiger charge is 2.34. The molecule has 0 N–H and O–H groups in total. The van der Waals surface area contributed by atoms with Gasteiger partial charge in [-0.25, -0.2) is 0 Å². The second-order valence-corrected chi connectivity index (χ2v) is 5.71. The Bertz CT molecular complexity index is 201. The van der Waals surface area contributed by atoms with E-state index < -0.39 is 0 Å². The van der Waals surface area contributed by atoms with Crippen molar-refractivity contribution in [2.75, 3.05) is 0 Å². The van der Waals surface area contributed by atoms with Crippen LogP contribution in [-0.2, 0) is 4.79 Å². The number of carbonyl (C=O) groups excluding carboxylic acids is 1. The highest BCUT2D eigenvalue weighted by molar-refractivity contribution is 5.84. The molecule has 1 nitrogen and oxygen atoms in total. The van der Waals surface area contributed by atoms with E-state index in [0.717, 1.165) is 25.7 Å². The molecule has 1 saturated carbocycles. The van der Waals surface area contributed by atoms with Crippen LogP contribution in [-0.4, -0.2) is 5.78 Å². The zero-order chi connectivity index (χ0) is 11.9. The van der Waals surface area contributed by atoms with Gasteiger partial charge in [-0.1, -0.05) is 58.8 Å². The van der Waals surface area contributed by atoms with Crippen molar-refractivity contribution in [3.8, 4) is 0 Å². The van der Waals surface area contributed by atoms with Crippen LogP contribution in [0.1, 0.15) is 84.5 Å². The molecule has 1 aliphatic rings. The molecule has 0 aliphatic heterocycles. The van der Waals surface area contributed by atoms with Crippen LogP contribution in [0.2, 0.25) is 0 Å². The summed E-state index contributed by atoms with van der Waals surface area (Å²) in [5, 5.41) is 0. The number of hydrogen-bond donors (Lipinski definition) is 0. The Morgan fingerprint density at radius 2 is 1.56 bits per heavy atom. The van der Waals surface area contributed by atoms with E-state index in [-0.39, 0.29) is 5.41 Å². The smallest absolute Gasteiger partial charge is 0.138 e. The first-order chi connectivity index (χ1) is 7.69. The van der Waals surface area contributed by atoms with E-state index in [2.05, 4.69) is 13.8 Å². The van der Waals surface area contributed by atoms with E-state index in [1.807, 2.05) is 0 Å². The third-order valence-corrected chi connectivity index (χ3v) is 4.14. The van der Waals surface area contributed by atoms with Crippen LogP contribution in [0.3, 0.4) is 0 Å². The molecule has 0 unspecified atom stereocenters. The monoisotopic (exact) mass is 224 g/mol. The van der Waals surface area contributed by atoms with Gasteiger partial charge in [0.15, 0.2) is 0 Å². The van der Waals surface area contributed by atoms with Crippen molar-refractivity contribution >= 4 is 5.78 Å². The van der Waals surface area contributed by atoms with Gasteiger partial charge < -0.3 is 0 Å². The molecule has 0 radical (unpaired) electrons. The molecule has 0 atom stereocenters. The summed E-state index contributed by atoms with van der Waals surface area (Å²) >= 11 is 0. The second-order valence-electron chi connectivity index (χ2n) is 5.71. The van der Waals surface area contributed by atoms with Gasteiger partial charge in [0.25, 0.3) is 0 Å². The number of ketones is 1. The number of hydrogen-bond acceptors (Lipinski definition) is 1. The van der Waals surface area contributed by atoms with Crippen LogP contribution >= 0.6 is 0 Å². The van der Waals surface area contributed by atoms with E-state index in [1.165, 1.54) is 44.9 Å². The van der Waals surface area contributed by atoms with E-state index in [1.54, 1.807) is 0 Å². The Balaban J connectivity index is 2.06. The van der Waals surface area contributed by atoms with Gasteiger partial charge in [0.2, 0.25) is 0 Å². The summed E-state index contributed by atoms with van der Waals surface area (Å²) in [5.74, 6) is 0.542. The molecule has 0 aromatic rings. The van der Waals surface area contributed by atoms with Gasteiger partial charge in [-0.3, -0.25) is 4.79 Å². The Morgan fingerprint density at radius 1 is 1.00 bits per heavy atom. The maximum atomic E-state index is 12.1. The fourth-order valence-electron chi connectivity index (χ4n) is 2.80. The Labute approximate surface area is 101 Å². The molecule has 1 aliphatic carbocycles. The molecule has 0 amide bonds. The van der Waals surface area contributed by atoms with Crippen LogP contribution in [0, 0.1) is 5.41 Å². The lowest BCUT2D eigenvalue weighted by molar-refractivity contribution is -0.127. The van der Waals surface area contributed by atoms with Crippen LogP contribution in [0.5, 0.6) is 0 Å². The quantitative estimate of drug-likeness (QED) is 0.537. The predicted molar refractivity (Wildman–Crippen MR) is 69.6 cm³/mol. The highest BCUT2D eigenvalue weighted by Crippen LogP contribution is 2.39. The maximum Gasteiger partial charge on any atom is 0.138 e. The van der Waals surface area contributed by atoms with E-state index in [9.17, 15) is 4.79 Å². The zero-order valence-corrected chi connectivity index (χ0v) is 11.2. The van der Waals surface area contributed by atoms with Crippen LogP contribution in [0.25, 0.3) is 0 Å². The first kappa shape index (κ1) is 13.7. The SMILES string of the molecule is CCCCCCCCC(=O)C1(C)CCCC1. The fraction of sp³-hybridized carbons (Fsp3) is 0.933. The summed E-state index contributed by atoms with van der Waals surface area (Å²) in [7, 11) is 0. The average molecular weight is 224 g/mol. The largest absolute Gasteiger partial charge is 0.299 e. The molecular formula is C15H28O. The molecular weight excluding hydrogens is 196 g/mol. The van der Waals surface area contributed by atoms with Crippen molar-refractivity contribution in [1.29, 1.82) is 0 Å². The molecule has 0 spiro atoms. The highest BCUT2D eigenvalue weighted by atomic mass is 16.1. The standard InChI is InChI=1S/C15H28O/c1-3-4-5-6-7-8-11-14(16)15(2)12-9-10-13-15/h3-13H2,1-2H3. The molecule has 0 aromatic heterocycles. The lowest BCUT2D eigenvalue weighted by atomic mass is 9.82. The maximum absolute atomic E-state index is 12.1. The summed E-state index contributed by atoms with van der Waals surface area (Å²) in [6.45, 7) is 4.42. The lowest BCUT2D eigenvalue weighted by Crippen LogP contribution is -2.23. The zero-order valence-electron chi connectivity index (χ0n) is 11.2. The summed E-state index contributed by atoms with van der Waals surface area (Å²) in [4.78, 5) is 12.1. The van der Waals surface area contributed by atoms with Crippen LogP contribution in [0.4, 0.5) is 0 Å². The topological polar surface area (TPSA) is 17.1 Å². The summed E-state index contributed by atoms with van der Waals surface area (Å²) in [5.41, 5.74) is 0.0589. The summed E-state index contributed by atoms with van der Waals surface area (Å²) in [6, 6.07) is 0. The third kappa shape index (κ3) is 4.27. The lowest BCUT2D eigenvalue weighted by Gasteiger charge is -2.21. The Morgan fingerprint density at radius 3 is 2.19 bits per heavy atom. The van der Waals surface area contributed by atoms with Crippen LogP contribution < -0.4 is 0 Å². The van der Waals surface area contributed by atoms with E-state index >= 15 is 0 Å². The molecule has 0 heterocycles. The minimum absolute atomic E-state index is 0.0589. The summed E-state index contributed by atoms with van der Waals surface area (Å²) in [6.07, 6.45) is 13.3. The number of Topliss-reactive ketones (excluding diaryl/α,β-unsaturated/α-hetero) is 1. The molecule has 1 heteroatoms. The second kappa shape index (κ2) is 7.09. The summed E-state index contributed by atoms with van der Waals surface area (Å²) < 4.78 is 0. The molecule has 0 bridgehead atoms. The van der Waals surface area contributed by atoms with Gasteiger partial charge in [-0.05, 0) is 19.3 Å². The molecule has 0 aromatic carbocycles. The fourth-order valence-corrected chi connectivity index (χ4v) is 2.80. The first-order valence-corrected chi connectivity index (χ1v) is 7.22. The number of rotatable bonds is 8.